The molecular weight excluding hydrogens is 202 g/mol. The number of nitrogens with two attached hydrogens (primary N) is 1. The third-order valence-electron chi connectivity index (χ3n) is 1.67. The minimum absolute atomic E-state index is 0.0735. The second kappa shape index (κ2) is 4.83. The van der Waals surface area contributed by atoms with Gasteiger partial charge in [-0.3, -0.25) is 0 Å². The monoisotopic (exact) mass is 216 g/mol. The van der Waals surface area contributed by atoms with Crippen LogP contribution in [0.4, 0.5) is 8.78 Å². The van der Waals surface area contributed by atoms with Crippen molar-refractivity contribution >= 4 is 10.0 Å². The molecule has 0 spiro atoms. The molecule has 1 atom stereocenters. The van der Waals surface area contributed by atoms with Gasteiger partial charge in [0.05, 0.1) is 11.8 Å². The van der Waals surface area contributed by atoms with Crippen molar-refractivity contribution in [2.45, 2.75) is 18.6 Å². The number of nitrogens with zero attached hydrogens (tertiary/aromatic N) is 1. The summed E-state index contributed by atoms with van der Waals surface area (Å²) in [7, 11) is -2.54. The third kappa shape index (κ3) is 3.53. The van der Waals surface area contributed by atoms with E-state index in [9.17, 15) is 17.2 Å². The topological polar surface area (TPSA) is 63.4 Å². The lowest BCUT2D eigenvalue weighted by Crippen LogP contribution is -2.40. The molecule has 0 aromatic rings. The first kappa shape index (κ1) is 12.7. The van der Waals surface area contributed by atoms with Gasteiger partial charge in [-0.05, 0) is 6.92 Å². The summed E-state index contributed by atoms with van der Waals surface area (Å²) in [6.07, 6.45) is -2.66. The smallest absolute Gasteiger partial charge is 0.252 e. The highest BCUT2D eigenvalue weighted by Gasteiger charge is 2.26. The van der Waals surface area contributed by atoms with Crippen molar-refractivity contribution in [3.8, 4) is 0 Å². The first-order valence-corrected chi connectivity index (χ1v) is 5.26. The van der Waals surface area contributed by atoms with Crippen LogP contribution < -0.4 is 5.73 Å². The number of halogens is 2. The zero-order valence-corrected chi connectivity index (χ0v) is 8.39. The van der Waals surface area contributed by atoms with Crippen LogP contribution in [0.15, 0.2) is 0 Å². The number of hydrogen-bond donors (Lipinski definition) is 1. The Morgan fingerprint density at radius 1 is 1.46 bits per heavy atom. The molecule has 2 N–H and O–H groups in total. The fourth-order valence-electron chi connectivity index (χ4n) is 0.727. The lowest BCUT2D eigenvalue weighted by atomic mass is 10.5. The van der Waals surface area contributed by atoms with E-state index in [-0.39, 0.29) is 6.54 Å². The lowest BCUT2D eigenvalue weighted by molar-refractivity contribution is 0.126. The molecule has 0 fully saturated rings. The zero-order valence-electron chi connectivity index (χ0n) is 7.57. The fourth-order valence-corrected chi connectivity index (χ4v) is 1.91. The van der Waals surface area contributed by atoms with Crippen molar-refractivity contribution in [3.63, 3.8) is 0 Å². The molecule has 0 radical (unpaired) electrons. The van der Waals surface area contributed by atoms with Gasteiger partial charge < -0.3 is 5.73 Å². The number of rotatable bonds is 5. The van der Waals surface area contributed by atoms with E-state index >= 15 is 0 Å². The van der Waals surface area contributed by atoms with Crippen molar-refractivity contribution in [2.24, 2.45) is 5.73 Å². The largest absolute Gasteiger partial charge is 0.329 e. The zero-order chi connectivity index (χ0) is 10.6. The van der Waals surface area contributed by atoms with E-state index in [0.717, 1.165) is 7.05 Å². The van der Waals surface area contributed by atoms with Crippen molar-refractivity contribution in [3.05, 3.63) is 0 Å². The summed E-state index contributed by atoms with van der Waals surface area (Å²) in [4.78, 5) is 0. The number of hydrogen-bond acceptors (Lipinski definition) is 3. The maximum Gasteiger partial charge on any atom is 0.252 e. The van der Waals surface area contributed by atoms with Gasteiger partial charge in [0.25, 0.3) is 6.43 Å². The minimum Gasteiger partial charge on any atom is -0.329 e. The first-order chi connectivity index (χ1) is 5.82. The van der Waals surface area contributed by atoms with Gasteiger partial charge in [0.2, 0.25) is 10.0 Å². The third-order valence-corrected chi connectivity index (χ3v) is 3.90. The van der Waals surface area contributed by atoms with Crippen molar-refractivity contribution in [1.82, 2.24) is 4.31 Å². The Labute approximate surface area is 76.8 Å². The molecule has 0 saturated carbocycles. The summed E-state index contributed by atoms with van der Waals surface area (Å²) in [6, 6.07) is 0. The Bertz CT molecular complexity index is 243. The maximum absolute atomic E-state index is 11.8. The molecule has 0 aromatic heterocycles. The highest BCUT2D eigenvalue weighted by Crippen LogP contribution is 2.07. The van der Waals surface area contributed by atoms with Gasteiger partial charge in [0.15, 0.2) is 0 Å². The van der Waals surface area contributed by atoms with Gasteiger partial charge in [-0.15, -0.1) is 0 Å². The molecule has 13 heavy (non-hydrogen) atoms. The van der Waals surface area contributed by atoms with E-state index in [0.29, 0.717) is 4.31 Å². The predicted molar refractivity (Wildman–Crippen MR) is 46.1 cm³/mol. The summed E-state index contributed by atoms with van der Waals surface area (Å²) in [6.45, 7) is 0.528. The molecule has 1 unspecified atom stereocenters. The second-order valence-electron chi connectivity index (χ2n) is 2.76. The number of alkyl halides is 2. The summed E-state index contributed by atoms with van der Waals surface area (Å²) < 4.78 is 46.9. The quantitative estimate of drug-likeness (QED) is 0.695. The molecule has 0 aliphatic heterocycles. The van der Waals surface area contributed by atoms with E-state index in [1.165, 1.54) is 6.92 Å². The highest BCUT2D eigenvalue weighted by atomic mass is 32.2. The molecular formula is C6H14F2N2O2S. The Balaban J connectivity index is 4.46. The SMILES string of the molecule is CC(CN)S(=O)(=O)N(C)CC(F)F. The summed E-state index contributed by atoms with van der Waals surface area (Å²) in [5, 5.41) is -0.823. The minimum atomic E-state index is -3.66. The maximum atomic E-state index is 11.8. The van der Waals surface area contributed by atoms with Gasteiger partial charge in [-0.1, -0.05) is 0 Å². The van der Waals surface area contributed by atoms with Crippen LogP contribution >= 0.6 is 0 Å². The van der Waals surface area contributed by atoms with Crippen LogP contribution in [0.1, 0.15) is 6.92 Å². The summed E-state index contributed by atoms with van der Waals surface area (Å²) in [5.41, 5.74) is 5.13. The number of sulfonamides is 1. The van der Waals surface area contributed by atoms with E-state index < -0.39 is 28.2 Å². The van der Waals surface area contributed by atoms with Crippen LogP contribution in [-0.4, -0.2) is 44.5 Å². The van der Waals surface area contributed by atoms with Gasteiger partial charge in [-0.25, -0.2) is 17.2 Å². The molecule has 4 nitrogen and oxygen atoms in total. The average molecular weight is 216 g/mol. The van der Waals surface area contributed by atoms with Crippen molar-refractivity contribution in [1.29, 1.82) is 0 Å². The fraction of sp³-hybridized carbons (Fsp3) is 1.00. The van der Waals surface area contributed by atoms with Gasteiger partial charge >= 0.3 is 0 Å². The first-order valence-electron chi connectivity index (χ1n) is 3.75. The van der Waals surface area contributed by atoms with Crippen LogP contribution in [0.3, 0.4) is 0 Å². The van der Waals surface area contributed by atoms with E-state index in [1.54, 1.807) is 0 Å². The van der Waals surface area contributed by atoms with Crippen LogP contribution in [0.5, 0.6) is 0 Å². The molecule has 0 heterocycles. The van der Waals surface area contributed by atoms with Crippen LogP contribution in [0, 0.1) is 0 Å². The molecule has 0 aromatic carbocycles. The average Bonchev–Trinajstić information content (AvgIpc) is 2.01. The van der Waals surface area contributed by atoms with Crippen molar-refractivity contribution < 1.29 is 17.2 Å². The normalized spacial score (nSPS) is 15.3. The Hall–Kier alpha value is -0.270. The molecule has 0 aliphatic carbocycles. The van der Waals surface area contributed by atoms with Gasteiger partial charge in [0, 0.05) is 13.6 Å². The molecule has 0 aliphatic rings. The van der Waals surface area contributed by atoms with Crippen molar-refractivity contribution in [2.75, 3.05) is 20.1 Å². The molecule has 0 rings (SSSR count). The van der Waals surface area contributed by atoms with Crippen LogP contribution in [0.25, 0.3) is 0 Å². The molecule has 7 heteroatoms. The Morgan fingerprint density at radius 2 is 1.92 bits per heavy atom. The van der Waals surface area contributed by atoms with Gasteiger partial charge in [-0.2, -0.15) is 4.31 Å². The van der Waals surface area contributed by atoms with E-state index in [1.807, 2.05) is 0 Å². The molecule has 0 amide bonds. The lowest BCUT2D eigenvalue weighted by Gasteiger charge is -2.20. The molecule has 0 saturated heterocycles. The second-order valence-corrected chi connectivity index (χ2v) is 5.22. The van der Waals surface area contributed by atoms with E-state index in [4.69, 9.17) is 5.73 Å². The summed E-state index contributed by atoms with van der Waals surface area (Å²) >= 11 is 0. The Morgan fingerprint density at radius 3 is 2.23 bits per heavy atom. The molecule has 0 bridgehead atoms. The van der Waals surface area contributed by atoms with E-state index in [2.05, 4.69) is 0 Å². The van der Waals surface area contributed by atoms with Gasteiger partial charge in [0.1, 0.15) is 0 Å². The highest BCUT2D eigenvalue weighted by molar-refractivity contribution is 7.89. The Kier molecular flexibility index (Phi) is 4.72. The summed E-state index contributed by atoms with van der Waals surface area (Å²) in [5.74, 6) is 0. The predicted octanol–water partition coefficient (Wildman–Crippen LogP) is -0.140. The molecule has 80 valence electrons. The van der Waals surface area contributed by atoms with Crippen LogP contribution in [-0.2, 0) is 10.0 Å². The standard InChI is InChI=1S/C6H14F2N2O2S/c1-5(3-9)13(11,12)10(2)4-6(7)8/h5-6H,3-4,9H2,1-2H3. The van der Waals surface area contributed by atoms with Crippen LogP contribution in [0.2, 0.25) is 0 Å².